The molecule has 0 amide bonds. The molecule has 10 heteroatoms. The number of fused-ring (bicyclic) bond motifs is 1. The Labute approximate surface area is 149 Å². The van der Waals surface area contributed by atoms with Crippen LogP contribution in [0.3, 0.4) is 0 Å². The van der Waals surface area contributed by atoms with E-state index in [1.54, 1.807) is 18.2 Å². The molecule has 0 aliphatic carbocycles. The van der Waals surface area contributed by atoms with E-state index >= 15 is 0 Å². The van der Waals surface area contributed by atoms with E-state index in [2.05, 4.69) is 5.10 Å². The Hall–Kier alpha value is -3.14. The summed E-state index contributed by atoms with van der Waals surface area (Å²) in [4.78, 5) is 12.1. The molecule has 0 spiro atoms. The lowest BCUT2D eigenvalue weighted by Gasteiger charge is -2.18. The van der Waals surface area contributed by atoms with E-state index in [9.17, 15) is 18.5 Å². The molecule has 1 N–H and O–H groups in total. The van der Waals surface area contributed by atoms with Crippen molar-refractivity contribution in [2.75, 3.05) is 13.2 Å². The van der Waals surface area contributed by atoms with Crippen molar-refractivity contribution in [1.82, 2.24) is 4.83 Å². The van der Waals surface area contributed by atoms with Gasteiger partial charge in [0.15, 0.2) is 11.5 Å². The standard InChI is InChI=1S/C16H15N3O6S/c1-11-2-4-13(9-14(11)19(20)21)26(22,23)18-17-10-12-3-5-15-16(8-12)25-7-6-24-15/h2-5,8-10,18H,6-7H2,1H3/b17-10-. The molecule has 136 valence electrons. The van der Waals surface area contributed by atoms with Crippen LogP contribution in [0.25, 0.3) is 0 Å². The van der Waals surface area contributed by atoms with Crippen LogP contribution in [0.1, 0.15) is 11.1 Å². The first-order valence-corrected chi connectivity index (χ1v) is 9.05. The second-order valence-electron chi connectivity index (χ2n) is 5.46. The first-order chi connectivity index (χ1) is 12.4. The lowest BCUT2D eigenvalue weighted by atomic mass is 10.2. The minimum absolute atomic E-state index is 0.242. The minimum Gasteiger partial charge on any atom is -0.486 e. The molecule has 0 radical (unpaired) electrons. The van der Waals surface area contributed by atoms with Crippen molar-refractivity contribution in [3.05, 3.63) is 57.6 Å². The average Bonchev–Trinajstić information content (AvgIpc) is 2.61. The number of ether oxygens (including phenoxy) is 2. The Morgan fingerprint density at radius 2 is 1.88 bits per heavy atom. The fourth-order valence-corrected chi connectivity index (χ4v) is 3.13. The number of benzene rings is 2. The number of nitrogens with one attached hydrogen (secondary N) is 1. The molecule has 9 nitrogen and oxygen atoms in total. The molecule has 0 bridgehead atoms. The van der Waals surface area contributed by atoms with Crippen LogP contribution in [0.5, 0.6) is 11.5 Å². The van der Waals surface area contributed by atoms with Crippen LogP contribution in [-0.4, -0.2) is 32.8 Å². The number of nitrogens with zero attached hydrogens (tertiary/aromatic N) is 2. The molecule has 1 aliphatic rings. The molecule has 1 heterocycles. The van der Waals surface area contributed by atoms with Crippen LogP contribution in [0, 0.1) is 17.0 Å². The second-order valence-corrected chi connectivity index (χ2v) is 7.12. The van der Waals surface area contributed by atoms with Gasteiger partial charge in [-0.2, -0.15) is 13.5 Å². The highest BCUT2D eigenvalue weighted by Crippen LogP contribution is 2.30. The first kappa shape index (κ1) is 17.7. The molecule has 26 heavy (non-hydrogen) atoms. The van der Waals surface area contributed by atoms with E-state index in [-0.39, 0.29) is 10.6 Å². The van der Waals surface area contributed by atoms with Gasteiger partial charge in [0, 0.05) is 11.6 Å². The molecule has 0 aromatic heterocycles. The van der Waals surface area contributed by atoms with Gasteiger partial charge in [0.05, 0.1) is 16.0 Å². The molecule has 1 aliphatic heterocycles. The van der Waals surface area contributed by atoms with Gasteiger partial charge in [-0.25, -0.2) is 4.83 Å². The van der Waals surface area contributed by atoms with Crippen molar-refractivity contribution in [1.29, 1.82) is 0 Å². The van der Waals surface area contributed by atoms with Crippen molar-refractivity contribution in [3.8, 4) is 11.5 Å². The number of hydrazone groups is 1. The third kappa shape index (κ3) is 3.75. The topological polar surface area (TPSA) is 120 Å². The third-order valence-electron chi connectivity index (χ3n) is 3.64. The quantitative estimate of drug-likeness (QED) is 0.483. The highest BCUT2D eigenvalue weighted by Gasteiger charge is 2.19. The molecular formula is C16H15N3O6S. The molecule has 2 aromatic rings. The molecular weight excluding hydrogens is 362 g/mol. The van der Waals surface area contributed by atoms with Crippen LogP contribution in [0.15, 0.2) is 46.4 Å². The first-order valence-electron chi connectivity index (χ1n) is 7.56. The maximum atomic E-state index is 12.2. The fraction of sp³-hybridized carbons (Fsp3) is 0.188. The molecule has 0 saturated heterocycles. The third-order valence-corrected chi connectivity index (χ3v) is 4.86. The van der Waals surface area contributed by atoms with Gasteiger partial charge in [-0.15, -0.1) is 0 Å². The highest BCUT2D eigenvalue weighted by atomic mass is 32.2. The van der Waals surface area contributed by atoms with E-state index in [1.807, 2.05) is 4.83 Å². The van der Waals surface area contributed by atoms with Gasteiger partial charge in [0.1, 0.15) is 13.2 Å². The molecule has 0 unspecified atom stereocenters. The van der Waals surface area contributed by atoms with Crippen molar-refractivity contribution >= 4 is 21.9 Å². The van der Waals surface area contributed by atoms with E-state index in [1.165, 1.54) is 25.3 Å². The zero-order valence-electron chi connectivity index (χ0n) is 13.7. The van der Waals surface area contributed by atoms with Crippen LogP contribution >= 0.6 is 0 Å². The molecule has 0 fully saturated rings. The van der Waals surface area contributed by atoms with Crippen LogP contribution in [0.2, 0.25) is 0 Å². The zero-order chi connectivity index (χ0) is 18.7. The van der Waals surface area contributed by atoms with E-state index in [4.69, 9.17) is 9.47 Å². The van der Waals surface area contributed by atoms with Crippen LogP contribution < -0.4 is 14.3 Å². The molecule has 3 rings (SSSR count). The van der Waals surface area contributed by atoms with Gasteiger partial charge < -0.3 is 9.47 Å². The van der Waals surface area contributed by atoms with Gasteiger partial charge in [-0.3, -0.25) is 10.1 Å². The second kappa shape index (κ2) is 7.00. The Balaban J connectivity index is 1.77. The van der Waals surface area contributed by atoms with Gasteiger partial charge in [0.2, 0.25) is 0 Å². The van der Waals surface area contributed by atoms with Gasteiger partial charge in [-0.1, -0.05) is 6.07 Å². The maximum absolute atomic E-state index is 12.2. The maximum Gasteiger partial charge on any atom is 0.276 e. The number of rotatable bonds is 5. The van der Waals surface area contributed by atoms with Gasteiger partial charge in [-0.05, 0) is 36.8 Å². The summed E-state index contributed by atoms with van der Waals surface area (Å²) >= 11 is 0. The Morgan fingerprint density at radius 1 is 1.15 bits per heavy atom. The summed E-state index contributed by atoms with van der Waals surface area (Å²) in [5.41, 5.74) is 0.698. The summed E-state index contributed by atoms with van der Waals surface area (Å²) in [6, 6.07) is 8.72. The lowest BCUT2D eigenvalue weighted by molar-refractivity contribution is -0.385. The predicted octanol–water partition coefficient (Wildman–Crippen LogP) is 1.99. The predicted molar refractivity (Wildman–Crippen MR) is 93.2 cm³/mol. The largest absolute Gasteiger partial charge is 0.486 e. The van der Waals surface area contributed by atoms with Crippen LogP contribution in [-0.2, 0) is 10.0 Å². The monoisotopic (exact) mass is 377 g/mol. The molecule has 0 atom stereocenters. The zero-order valence-corrected chi connectivity index (χ0v) is 14.5. The summed E-state index contributed by atoms with van der Waals surface area (Å²) in [6.45, 7) is 2.44. The lowest BCUT2D eigenvalue weighted by Crippen LogP contribution is -2.18. The summed E-state index contributed by atoms with van der Waals surface area (Å²) in [6.07, 6.45) is 1.30. The van der Waals surface area contributed by atoms with Crippen molar-refractivity contribution < 1.29 is 22.8 Å². The number of sulfonamides is 1. The fourth-order valence-electron chi connectivity index (χ4n) is 2.32. The molecule has 2 aromatic carbocycles. The van der Waals surface area contributed by atoms with Crippen LogP contribution in [0.4, 0.5) is 5.69 Å². The van der Waals surface area contributed by atoms with E-state index < -0.39 is 14.9 Å². The van der Waals surface area contributed by atoms with Gasteiger partial charge in [0.25, 0.3) is 15.7 Å². The normalized spacial score (nSPS) is 13.6. The van der Waals surface area contributed by atoms with Crippen molar-refractivity contribution in [2.24, 2.45) is 5.10 Å². The Bertz CT molecular complexity index is 987. The summed E-state index contributed by atoms with van der Waals surface area (Å²) in [7, 11) is -4.03. The number of hydrogen-bond acceptors (Lipinski definition) is 7. The Morgan fingerprint density at radius 3 is 2.62 bits per heavy atom. The Kier molecular flexibility index (Phi) is 4.76. The van der Waals surface area contributed by atoms with E-state index in [0.717, 1.165) is 6.07 Å². The molecule has 0 saturated carbocycles. The number of nitro groups is 1. The highest BCUT2D eigenvalue weighted by molar-refractivity contribution is 7.89. The minimum atomic E-state index is -4.03. The average molecular weight is 377 g/mol. The van der Waals surface area contributed by atoms with Crippen molar-refractivity contribution in [3.63, 3.8) is 0 Å². The summed E-state index contributed by atoms with van der Waals surface area (Å²) < 4.78 is 35.3. The van der Waals surface area contributed by atoms with Crippen molar-refractivity contribution in [2.45, 2.75) is 11.8 Å². The number of hydrogen-bond donors (Lipinski definition) is 1. The summed E-state index contributed by atoms with van der Waals surface area (Å²) in [5.74, 6) is 1.16. The number of aryl methyl sites for hydroxylation is 1. The summed E-state index contributed by atoms with van der Waals surface area (Å²) in [5, 5.41) is 14.7. The number of nitro benzene ring substituents is 1. The smallest absolute Gasteiger partial charge is 0.276 e. The van der Waals surface area contributed by atoms with E-state index in [0.29, 0.717) is 35.8 Å². The SMILES string of the molecule is Cc1ccc(S(=O)(=O)N/N=C\c2ccc3c(c2)OCCO3)cc1[N+](=O)[O-]. The van der Waals surface area contributed by atoms with Gasteiger partial charge >= 0.3 is 0 Å².